The summed E-state index contributed by atoms with van der Waals surface area (Å²) in [6.07, 6.45) is 5.20. The Morgan fingerprint density at radius 3 is 2.45 bits per heavy atom. The second-order valence-corrected chi connectivity index (χ2v) is 6.55. The topological polar surface area (TPSA) is 49.6 Å². The summed E-state index contributed by atoms with van der Waals surface area (Å²) in [6, 6.07) is 0.307. The van der Waals surface area contributed by atoms with Crippen LogP contribution in [0.2, 0.25) is 0 Å². The lowest BCUT2D eigenvalue weighted by molar-refractivity contribution is -0.134. The van der Waals surface area contributed by atoms with Crippen LogP contribution in [0.15, 0.2) is 0 Å². The maximum Gasteiger partial charge on any atom is 0.239 e. The number of carbonyl (C=O) groups excluding carboxylic acids is 1. The molecule has 0 aromatic rings. The van der Waals surface area contributed by atoms with E-state index in [4.69, 9.17) is 5.73 Å². The van der Waals surface area contributed by atoms with Gasteiger partial charge in [0.05, 0.1) is 6.04 Å². The van der Waals surface area contributed by atoms with Crippen molar-refractivity contribution in [3.8, 4) is 0 Å². The molecule has 1 amide bonds. The van der Waals surface area contributed by atoms with Gasteiger partial charge in [0.15, 0.2) is 0 Å². The van der Waals surface area contributed by atoms with E-state index in [-0.39, 0.29) is 11.9 Å². The highest BCUT2D eigenvalue weighted by molar-refractivity contribution is 5.81. The van der Waals surface area contributed by atoms with Crippen molar-refractivity contribution in [1.29, 1.82) is 0 Å². The first-order valence-corrected chi connectivity index (χ1v) is 8.20. The summed E-state index contributed by atoms with van der Waals surface area (Å²) in [5.41, 5.74) is 5.99. The Kier molecular flexibility index (Phi) is 7.52. The van der Waals surface area contributed by atoms with Crippen LogP contribution >= 0.6 is 0 Å². The Balaban J connectivity index is 2.32. The molecule has 1 aliphatic rings. The molecule has 2 N–H and O–H groups in total. The SMILES string of the molecule is CCCC[C@H](N)C(=O)N1CCC(CN(C)C(C)C)CC1. The predicted molar refractivity (Wildman–Crippen MR) is 84.6 cm³/mol. The maximum atomic E-state index is 12.2. The Hall–Kier alpha value is -0.610. The van der Waals surface area contributed by atoms with Crippen LogP contribution < -0.4 is 5.73 Å². The van der Waals surface area contributed by atoms with Crippen molar-refractivity contribution < 1.29 is 4.79 Å². The van der Waals surface area contributed by atoms with Gasteiger partial charge >= 0.3 is 0 Å². The molecule has 0 aromatic carbocycles. The summed E-state index contributed by atoms with van der Waals surface area (Å²) < 4.78 is 0. The molecule has 1 aliphatic heterocycles. The monoisotopic (exact) mass is 283 g/mol. The van der Waals surface area contributed by atoms with E-state index in [1.165, 1.54) is 0 Å². The first-order chi connectivity index (χ1) is 9.45. The number of amides is 1. The van der Waals surface area contributed by atoms with Crippen molar-refractivity contribution >= 4 is 5.91 Å². The van der Waals surface area contributed by atoms with Crippen LogP contribution in [0.5, 0.6) is 0 Å². The number of hydrogen-bond donors (Lipinski definition) is 1. The second kappa shape index (κ2) is 8.63. The molecule has 1 atom stereocenters. The van der Waals surface area contributed by atoms with Gasteiger partial charge in [-0.15, -0.1) is 0 Å². The molecule has 0 aliphatic carbocycles. The quantitative estimate of drug-likeness (QED) is 0.778. The fourth-order valence-electron chi connectivity index (χ4n) is 2.74. The number of nitrogens with zero attached hydrogens (tertiary/aromatic N) is 2. The van der Waals surface area contributed by atoms with Crippen LogP contribution in [0.3, 0.4) is 0 Å². The molecular weight excluding hydrogens is 250 g/mol. The van der Waals surface area contributed by atoms with Gasteiger partial charge in [0.25, 0.3) is 0 Å². The van der Waals surface area contributed by atoms with Crippen LogP contribution in [0.25, 0.3) is 0 Å². The highest BCUT2D eigenvalue weighted by Gasteiger charge is 2.26. The number of hydrogen-bond acceptors (Lipinski definition) is 3. The standard InChI is InChI=1S/C16H33N3O/c1-5-6-7-15(17)16(20)19-10-8-14(9-11-19)12-18(4)13(2)3/h13-15H,5-12,17H2,1-4H3/t15-/m0/s1. The van der Waals surface area contributed by atoms with Gasteiger partial charge in [-0.05, 0) is 46.1 Å². The van der Waals surface area contributed by atoms with E-state index >= 15 is 0 Å². The molecule has 1 heterocycles. The summed E-state index contributed by atoms with van der Waals surface area (Å²) in [6.45, 7) is 9.50. The third-order valence-corrected chi connectivity index (χ3v) is 4.54. The van der Waals surface area contributed by atoms with E-state index in [1.807, 2.05) is 4.90 Å². The maximum absolute atomic E-state index is 12.2. The molecule has 0 aromatic heterocycles. The average molecular weight is 283 g/mol. The van der Waals surface area contributed by atoms with Crippen molar-refractivity contribution in [2.45, 2.75) is 65.0 Å². The molecule has 20 heavy (non-hydrogen) atoms. The van der Waals surface area contributed by atoms with E-state index in [1.54, 1.807) is 0 Å². The van der Waals surface area contributed by atoms with E-state index in [2.05, 4.69) is 32.7 Å². The largest absolute Gasteiger partial charge is 0.341 e. The molecule has 1 saturated heterocycles. The molecule has 0 saturated carbocycles. The molecule has 4 nitrogen and oxygen atoms in total. The summed E-state index contributed by atoms with van der Waals surface area (Å²) in [5, 5.41) is 0. The molecule has 4 heteroatoms. The zero-order valence-electron chi connectivity index (χ0n) is 13.8. The third kappa shape index (κ3) is 5.41. The molecule has 1 fully saturated rings. The number of likely N-dealkylation sites (tertiary alicyclic amines) is 1. The number of unbranched alkanes of at least 4 members (excludes halogenated alkanes) is 1. The molecule has 1 rings (SSSR count). The van der Waals surface area contributed by atoms with E-state index < -0.39 is 0 Å². The number of rotatable bonds is 7. The van der Waals surface area contributed by atoms with Gasteiger partial charge in [-0.25, -0.2) is 0 Å². The van der Waals surface area contributed by atoms with Gasteiger partial charge in [0.1, 0.15) is 0 Å². The summed E-state index contributed by atoms with van der Waals surface area (Å²) in [5.74, 6) is 0.882. The summed E-state index contributed by atoms with van der Waals surface area (Å²) >= 11 is 0. The second-order valence-electron chi connectivity index (χ2n) is 6.55. The molecule has 118 valence electrons. The lowest BCUT2D eigenvalue weighted by atomic mass is 9.95. The van der Waals surface area contributed by atoms with Crippen LogP contribution in [-0.4, -0.2) is 54.5 Å². The lowest BCUT2D eigenvalue weighted by Gasteiger charge is -2.36. The van der Waals surface area contributed by atoms with Crippen molar-refractivity contribution in [2.75, 3.05) is 26.7 Å². The van der Waals surface area contributed by atoms with Crippen molar-refractivity contribution in [3.05, 3.63) is 0 Å². The third-order valence-electron chi connectivity index (χ3n) is 4.54. The van der Waals surface area contributed by atoms with E-state index in [9.17, 15) is 4.79 Å². The minimum absolute atomic E-state index is 0.161. The molecular formula is C16H33N3O. The van der Waals surface area contributed by atoms with Crippen molar-refractivity contribution in [2.24, 2.45) is 11.7 Å². The minimum Gasteiger partial charge on any atom is -0.341 e. The molecule has 0 bridgehead atoms. The zero-order valence-corrected chi connectivity index (χ0v) is 13.8. The van der Waals surface area contributed by atoms with Crippen LogP contribution in [0.4, 0.5) is 0 Å². The van der Waals surface area contributed by atoms with Crippen molar-refractivity contribution in [1.82, 2.24) is 9.80 Å². The minimum atomic E-state index is -0.287. The smallest absolute Gasteiger partial charge is 0.239 e. The normalized spacial score (nSPS) is 18.9. The van der Waals surface area contributed by atoms with Crippen LogP contribution in [0, 0.1) is 5.92 Å². The number of carbonyl (C=O) groups is 1. The van der Waals surface area contributed by atoms with Gasteiger partial charge < -0.3 is 15.5 Å². The van der Waals surface area contributed by atoms with Crippen molar-refractivity contribution in [3.63, 3.8) is 0 Å². The number of nitrogens with two attached hydrogens (primary N) is 1. The molecule has 0 spiro atoms. The van der Waals surface area contributed by atoms with Gasteiger partial charge in [-0.2, -0.15) is 0 Å². The predicted octanol–water partition coefficient (Wildman–Crippen LogP) is 2.08. The average Bonchev–Trinajstić information content (AvgIpc) is 2.44. The molecule has 0 radical (unpaired) electrons. The first-order valence-electron chi connectivity index (χ1n) is 8.20. The fourth-order valence-corrected chi connectivity index (χ4v) is 2.74. The summed E-state index contributed by atoms with van der Waals surface area (Å²) in [7, 11) is 2.18. The highest BCUT2D eigenvalue weighted by atomic mass is 16.2. The molecule has 0 unspecified atom stereocenters. The van der Waals surface area contributed by atoms with E-state index in [0.29, 0.717) is 6.04 Å². The Labute approximate surface area is 124 Å². The number of piperidine rings is 1. The van der Waals surface area contributed by atoms with Crippen LogP contribution in [-0.2, 0) is 4.79 Å². The fraction of sp³-hybridized carbons (Fsp3) is 0.938. The van der Waals surface area contributed by atoms with Gasteiger partial charge in [0.2, 0.25) is 5.91 Å². The Bertz CT molecular complexity index is 285. The van der Waals surface area contributed by atoms with Crippen LogP contribution in [0.1, 0.15) is 52.9 Å². The lowest BCUT2D eigenvalue weighted by Crippen LogP contribution is -2.48. The Morgan fingerprint density at radius 1 is 1.35 bits per heavy atom. The first kappa shape index (κ1) is 17.4. The van der Waals surface area contributed by atoms with E-state index in [0.717, 1.165) is 57.7 Å². The van der Waals surface area contributed by atoms with Gasteiger partial charge in [-0.1, -0.05) is 19.8 Å². The Morgan fingerprint density at radius 2 is 1.95 bits per heavy atom. The summed E-state index contributed by atoms with van der Waals surface area (Å²) in [4.78, 5) is 16.6. The van der Waals surface area contributed by atoms with Gasteiger partial charge in [0, 0.05) is 25.7 Å². The van der Waals surface area contributed by atoms with Gasteiger partial charge in [-0.3, -0.25) is 4.79 Å². The zero-order chi connectivity index (χ0) is 15.1. The highest BCUT2D eigenvalue weighted by Crippen LogP contribution is 2.19.